The fourth-order valence-electron chi connectivity index (χ4n) is 2.25. The Morgan fingerprint density at radius 1 is 1.41 bits per heavy atom. The number of carbonyl (C=O) groups excluding carboxylic acids is 1. The number of anilines is 1. The SMILES string of the molecule is COc1ccc(NC(=O)c2cc3c(C)nn(C)c3s2)cc1Cl. The van der Waals surface area contributed by atoms with Crippen LogP contribution in [0.2, 0.25) is 5.02 Å². The van der Waals surface area contributed by atoms with E-state index in [2.05, 4.69) is 10.4 Å². The lowest BCUT2D eigenvalue weighted by atomic mass is 10.2. The van der Waals surface area contributed by atoms with Gasteiger partial charge >= 0.3 is 0 Å². The lowest BCUT2D eigenvalue weighted by molar-refractivity contribution is 0.103. The third kappa shape index (κ3) is 2.55. The smallest absolute Gasteiger partial charge is 0.265 e. The van der Waals surface area contributed by atoms with Crippen molar-refractivity contribution in [1.29, 1.82) is 0 Å². The summed E-state index contributed by atoms with van der Waals surface area (Å²) in [6.45, 7) is 1.93. The van der Waals surface area contributed by atoms with E-state index in [0.29, 0.717) is 21.3 Å². The Bertz CT molecular complexity index is 835. The number of methoxy groups -OCH3 is 1. The van der Waals surface area contributed by atoms with Gasteiger partial charge in [-0.05, 0) is 31.2 Å². The van der Waals surface area contributed by atoms with Gasteiger partial charge in [0.15, 0.2) is 0 Å². The number of carbonyl (C=O) groups is 1. The monoisotopic (exact) mass is 335 g/mol. The Labute approximate surface area is 136 Å². The summed E-state index contributed by atoms with van der Waals surface area (Å²) in [5.74, 6) is 0.407. The predicted octanol–water partition coefficient (Wildman–Crippen LogP) is 3.86. The molecule has 0 bridgehead atoms. The zero-order valence-electron chi connectivity index (χ0n) is 12.3. The summed E-state index contributed by atoms with van der Waals surface area (Å²) >= 11 is 7.48. The van der Waals surface area contributed by atoms with Crippen LogP contribution in [-0.4, -0.2) is 22.8 Å². The van der Waals surface area contributed by atoms with Crippen LogP contribution in [0.4, 0.5) is 5.69 Å². The highest BCUT2D eigenvalue weighted by atomic mass is 35.5. The zero-order chi connectivity index (χ0) is 15.9. The molecule has 0 unspecified atom stereocenters. The summed E-state index contributed by atoms with van der Waals surface area (Å²) in [6, 6.07) is 7.00. The normalized spacial score (nSPS) is 10.9. The van der Waals surface area contributed by atoms with Crippen LogP contribution < -0.4 is 10.1 Å². The highest BCUT2D eigenvalue weighted by Crippen LogP contribution is 2.30. The average Bonchev–Trinajstić information content (AvgIpc) is 3.02. The third-order valence-corrected chi connectivity index (χ3v) is 4.83. The van der Waals surface area contributed by atoms with Gasteiger partial charge in [-0.15, -0.1) is 11.3 Å². The fourth-order valence-corrected chi connectivity index (χ4v) is 3.53. The highest BCUT2D eigenvalue weighted by molar-refractivity contribution is 7.20. The summed E-state index contributed by atoms with van der Waals surface area (Å²) in [6.07, 6.45) is 0. The van der Waals surface area contributed by atoms with Crippen molar-refractivity contribution in [2.75, 3.05) is 12.4 Å². The number of rotatable bonds is 3. The van der Waals surface area contributed by atoms with Gasteiger partial charge in [-0.3, -0.25) is 9.48 Å². The molecule has 22 heavy (non-hydrogen) atoms. The first-order valence-electron chi connectivity index (χ1n) is 6.57. The van der Waals surface area contributed by atoms with E-state index in [1.165, 1.54) is 11.3 Å². The number of aromatic nitrogens is 2. The van der Waals surface area contributed by atoms with Crippen molar-refractivity contribution in [2.24, 2.45) is 7.05 Å². The van der Waals surface area contributed by atoms with Gasteiger partial charge in [0, 0.05) is 18.1 Å². The van der Waals surface area contributed by atoms with Crippen molar-refractivity contribution in [3.63, 3.8) is 0 Å². The summed E-state index contributed by atoms with van der Waals surface area (Å²) in [5, 5.41) is 8.63. The number of benzene rings is 1. The molecule has 2 heterocycles. The van der Waals surface area contributed by atoms with E-state index in [1.54, 1.807) is 30.0 Å². The minimum Gasteiger partial charge on any atom is -0.495 e. The second-order valence-corrected chi connectivity index (χ2v) is 6.28. The summed E-state index contributed by atoms with van der Waals surface area (Å²) < 4.78 is 6.88. The number of fused-ring (bicyclic) bond motifs is 1. The molecule has 3 rings (SSSR count). The van der Waals surface area contributed by atoms with Crippen molar-refractivity contribution in [1.82, 2.24) is 9.78 Å². The summed E-state index contributed by atoms with van der Waals surface area (Å²) in [5.41, 5.74) is 1.54. The second kappa shape index (κ2) is 5.62. The lowest BCUT2D eigenvalue weighted by Gasteiger charge is -2.07. The number of hydrogen-bond donors (Lipinski definition) is 1. The van der Waals surface area contributed by atoms with Gasteiger partial charge in [-0.2, -0.15) is 5.10 Å². The van der Waals surface area contributed by atoms with Gasteiger partial charge in [-0.1, -0.05) is 11.6 Å². The molecule has 0 saturated carbocycles. The van der Waals surface area contributed by atoms with Crippen LogP contribution in [0.15, 0.2) is 24.3 Å². The molecule has 0 fully saturated rings. The third-order valence-electron chi connectivity index (χ3n) is 3.33. The molecule has 0 aliphatic rings. The molecule has 0 radical (unpaired) electrons. The van der Waals surface area contributed by atoms with Crippen LogP contribution in [0, 0.1) is 6.92 Å². The molecule has 2 aromatic heterocycles. The number of halogens is 1. The molecule has 0 saturated heterocycles. The standard InChI is InChI=1S/C15H14ClN3O2S/c1-8-10-7-13(22-15(10)19(2)18-8)14(20)17-9-4-5-12(21-3)11(16)6-9/h4-7H,1-3H3,(H,17,20). The summed E-state index contributed by atoms with van der Waals surface area (Å²) in [7, 11) is 3.42. The van der Waals surface area contributed by atoms with Crippen LogP contribution >= 0.6 is 22.9 Å². The van der Waals surface area contributed by atoms with Crippen molar-refractivity contribution >= 4 is 44.7 Å². The average molecular weight is 336 g/mol. The Balaban J connectivity index is 1.86. The van der Waals surface area contributed by atoms with Crippen LogP contribution in [0.25, 0.3) is 10.2 Å². The number of aryl methyl sites for hydroxylation is 2. The number of nitrogens with one attached hydrogen (secondary N) is 1. The first-order valence-corrected chi connectivity index (χ1v) is 7.77. The Morgan fingerprint density at radius 2 is 2.18 bits per heavy atom. The van der Waals surface area contributed by atoms with Gasteiger partial charge < -0.3 is 10.1 Å². The van der Waals surface area contributed by atoms with Crippen LogP contribution in [0.5, 0.6) is 5.75 Å². The van der Waals surface area contributed by atoms with Crippen molar-refractivity contribution in [3.8, 4) is 5.75 Å². The van der Waals surface area contributed by atoms with Crippen molar-refractivity contribution < 1.29 is 9.53 Å². The van der Waals surface area contributed by atoms with Gasteiger partial charge in [0.05, 0.1) is 22.7 Å². The molecule has 5 nitrogen and oxygen atoms in total. The van der Waals surface area contributed by atoms with Crippen molar-refractivity contribution in [2.45, 2.75) is 6.92 Å². The maximum Gasteiger partial charge on any atom is 0.265 e. The first-order chi connectivity index (χ1) is 10.5. The van der Waals surface area contributed by atoms with Crippen LogP contribution in [0.3, 0.4) is 0 Å². The minimum absolute atomic E-state index is 0.165. The first kappa shape index (κ1) is 14.9. The number of amides is 1. The molecule has 3 aromatic rings. The van der Waals surface area contributed by atoms with Gasteiger partial charge in [-0.25, -0.2) is 0 Å². The van der Waals surface area contributed by atoms with E-state index in [1.807, 2.05) is 20.0 Å². The number of hydrogen-bond acceptors (Lipinski definition) is 4. The number of thiophene rings is 1. The Hall–Kier alpha value is -2.05. The highest BCUT2D eigenvalue weighted by Gasteiger charge is 2.15. The minimum atomic E-state index is -0.165. The predicted molar refractivity (Wildman–Crippen MR) is 89.3 cm³/mol. The number of nitrogens with zero attached hydrogens (tertiary/aromatic N) is 2. The molecule has 0 spiro atoms. The molecule has 1 aromatic carbocycles. The van der Waals surface area contributed by atoms with E-state index >= 15 is 0 Å². The zero-order valence-corrected chi connectivity index (χ0v) is 13.9. The maximum atomic E-state index is 12.4. The molecule has 0 aliphatic heterocycles. The van der Waals surface area contributed by atoms with Gasteiger partial charge in [0.2, 0.25) is 0 Å². The second-order valence-electron chi connectivity index (χ2n) is 4.84. The molecule has 7 heteroatoms. The van der Waals surface area contributed by atoms with E-state index in [-0.39, 0.29) is 5.91 Å². The fraction of sp³-hybridized carbons (Fsp3) is 0.200. The molecular weight excluding hydrogens is 322 g/mol. The largest absolute Gasteiger partial charge is 0.495 e. The topological polar surface area (TPSA) is 56.1 Å². The summed E-state index contributed by atoms with van der Waals surface area (Å²) in [4.78, 5) is 14.0. The molecule has 114 valence electrons. The van der Waals surface area contributed by atoms with Gasteiger partial charge in [0.25, 0.3) is 5.91 Å². The number of ether oxygens (including phenoxy) is 1. The van der Waals surface area contributed by atoms with E-state index in [9.17, 15) is 4.79 Å². The Kier molecular flexibility index (Phi) is 3.80. The molecule has 1 N–H and O–H groups in total. The van der Waals surface area contributed by atoms with Gasteiger partial charge in [0.1, 0.15) is 10.6 Å². The molecule has 0 aliphatic carbocycles. The van der Waals surface area contributed by atoms with Crippen LogP contribution in [-0.2, 0) is 7.05 Å². The van der Waals surface area contributed by atoms with E-state index in [4.69, 9.17) is 16.3 Å². The van der Waals surface area contributed by atoms with E-state index in [0.717, 1.165) is 15.9 Å². The molecular formula is C15H14ClN3O2S. The van der Waals surface area contributed by atoms with Crippen molar-refractivity contribution in [3.05, 3.63) is 39.9 Å². The van der Waals surface area contributed by atoms with Crippen LogP contribution in [0.1, 0.15) is 15.4 Å². The molecule has 0 atom stereocenters. The lowest BCUT2D eigenvalue weighted by Crippen LogP contribution is -2.10. The quantitative estimate of drug-likeness (QED) is 0.790. The maximum absolute atomic E-state index is 12.4. The van der Waals surface area contributed by atoms with E-state index < -0.39 is 0 Å². The Morgan fingerprint density at radius 3 is 2.82 bits per heavy atom. The molecule has 1 amide bonds.